The van der Waals surface area contributed by atoms with Crippen LogP contribution < -0.4 is 58.5 Å². The van der Waals surface area contributed by atoms with Crippen molar-refractivity contribution in [1.29, 1.82) is 0 Å². The quantitative estimate of drug-likeness (QED) is 0.0128. The summed E-state index contributed by atoms with van der Waals surface area (Å²) in [5.74, 6) is -6.82. The number of hydrogen-bond acceptors (Lipinski definition) is 22. The van der Waals surface area contributed by atoms with Crippen LogP contribution in [0, 0.1) is 58.2 Å². The number of ketones is 1. The second-order valence-corrected chi connectivity index (χ2v) is 45.0. The molecule has 5 aliphatic heterocycles. The van der Waals surface area contributed by atoms with Gasteiger partial charge in [0.1, 0.15) is 72.3 Å². The van der Waals surface area contributed by atoms with E-state index in [1.807, 2.05) is 86.1 Å². The van der Waals surface area contributed by atoms with Gasteiger partial charge >= 0.3 is 12.1 Å². The predicted molar refractivity (Wildman–Crippen MR) is 536 cm³/mol. The van der Waals surface area contributed by atoms with Crippen LogP contribution in [-0.4, -0.2) is 237 Å². The normalized spacial score (nSPS) is 28.9. The van der Waals surface area contributed by atoms with E-state index >= 15 is 38.4 Å². The second-order valence-electron chi connectivity index (χ2n) is 42.4. The maximum Gasteiger partial charge on any atom is 0.407 e. The van der Waals surface area contributed by atoms with Crippen LogP contribution in [0.15, 0.2) is 139 Å². The molecule has 11 amide bonds. The lowest BCUT2D eigenvalue weighted by molar-refractivity contribution is -0.151. The number of amides is 11. The summed E-state index contributed by atoms with van der Waals surface area (Å²) >= 11 is 0. The number of aliphatic hydroxyl groups is 1. The predicted octanol–water partition coefficient (Wildman–Crippen LogP) is 10.2. The molecule has 3 saturated heterocycles. The molecule has 13 rings (SSSR count). The number of likely N-dealkylation sites (tertiary alicyclic amines) is 2. The van der Waals surface area contributed by atoms with E-state index in [4.69, 9.17) is 9.47 Å². The third-order valence-corrected chi connectivity index (χ3v) is 33.0. The lowest BCUT2D eigenvalue weighted by Crippen LogP contribution is -2.61. The molecule has 21 atom stereocenters. The van der Waals surface area contributed by atoms with Crippen molar-refractivity contribution in [2.45, 2.75) is 302 Å². The number of fused-ring (bicyclic) bond motifs is 7. The highest BCUT2D eigenvalue weighted by atomic mass is 33.1. The van der Waals surface area contributed by atoms with Crippen LogP contribution in [-0.2, 0) is 79.8 Å². The number of phenolic OH excluding ortho intramolecular Hbond substituents is 1. The number of phenols is 1. The average molecular weight is 1950 g/mol. The highest BCUT2D eigenvalue weighted by molar-refractivity contribution is 8.76. The molecular formula is C106H148N14O17S2. The SMILES string of the molecule is CC(C)CCCC(C)C1CCC2C3CC=C4CC(OC(=O)CNC(=O)C(NC(=O)C5CSSCC(NC(=O)C(Cc6ccc7ccccc7c6)NC(=O)C6CCCN6C(=O)C6CCCN6C(=O)C6=CN(C)C=CC6)C(=O)NC(Cc6ccc(O)cc6)C(=O)NC(CC6=CNC7C=CC=CC67)C(=O)CNC(CCCCNC(=O)OC(C)(C)C)C(=O)NC(C(C)C)C(=O)N5)C(C)O)CCC4(C)C3CCC12C. The van der Waals surface area contributed by atoms with Gasteiger partial charge in [-0.1, -0.05) is 186 Å². The van der Waals surface area contributed by atoms with Gasteiger partial charge in [-0.3, -0.25) is 62.9 Å². The Hall–Kier alpha value is -10.5. The Labute approximate surface area is 826 Å². The fraction of sp³-hybridized carbons (Fsp3) is 0.613. The summed E-state index contributed by atoms with van der Waals surface area (Å²) in [5, 5.41) is 55.6. The zero-order chi connectivity index (χ0) is 99.7. The summed E-state index contributed by atoms with van der Waals surface area (Å²) in [5.41, 5.74) is 3.11. The number of aliphatic hydroxyl groups excluding tert-OH is 1. The van der Waals surface area contributed by atoms with Crippen molar-refractivity contribution < 1.29 is 82.0 Å². The number of alkyl carbamates (subject to hydrolysis) is 1. The van der Waals surface area contributed by atoms with Crippen LogP contribution in [0.3, 0.4) is 0 Å². The van der Waals surface area contributed by atoms with Crippen molar-refractivity contribution in [3.8, 4) is 5.75 Å². The number of benzene rings is 3. The van der Waals surface area contributed by atoms with Gasteiger partial charge in [-0.25, -0.2) is 4.79 Å². The van der Waals surface area contributed by atoms with Crippen molar-refractivity contribution in [2.24, 2.45) is 58.2 Å². The Bertz CT molecular complexity index is 5150. The van der Waals surface area contributed by atoms with Crippen molar-refractivity contribution in [1.82, 2.24) is 73.2 Å². The number of carbonyl (C=O) groups is 13. The van der Waals surface area contributed by atoms with E-state index in [0.717, 1.165) is 56.7 Å². The van der Waals surface area contributed by atoms with Gasteiger partial charge in [0.25, 0.3) is 5.91 Å². The number of carbonyl (C=O) groups excluding carboxylic acids is 13. The summed E-state index contributed by atoms with van der Waals surface area (Å²) in [6.07, 6.45) is 28.6. The molecule has 10 aliphatic rings. The Morgan fingerprint density at radius 3 is 2.15 bits per heavy atom. The van der Waals surface area contributed by atoms with E-state index < -0.39 is 168 Å². The monoisotopic (exact) mass is 1950 g/mol. The first-order valence-electron chi connectivity index (χ1n) is 50.5. The van der Waals surface area contributed by atoms with E-state index in [9.17, 15) is 34.2 Å². The fourth-order valence-corrected chi connectivity index (χ4v) is 25.4. The van der Waals surface area contributed by atoms with Crippen molar-refractivity contribution in [3.05, 3.63) is 150 Å². The highest BCUT2D eigenvalue weighted by Gasteiger charge is 2.60. The third kappa shape index (κ3) is 27.2. The molecule has 0 radical (unpaired) electrons. The van der Waals surface area contributed by atoms with Gasteiger partial charge in [0.05, 0.1) is 30.8 Å². The minimum atomic E-state index is -1.75. The van der Waals surface area contributed by atoms with Gasteiger partial charge < -0.3 is 87.6 Å². The maximum absolute atomic E-state index is 16.0. The Balaban J connectivity index is 0.778. The molecule has 3 aromatic rings. The van der Waals surface area contributed by atoms with Gasteiger partial charge in [-0.2, -0.15) is 0 Å². The van der Waals surface area contributed by atoms with E-state index in [2.05, 4.69) is 99.2 Å². The third-order valence-electron chi connectivity index (χ3n) is 30.5. The van der Waals surface area contributed by atoms with Gasteiger partial charge in [0, 0.05) is 75.1 Å². The molecule has 0 bridgehead atoms. The number of unbranched alkanes of at least 4 members (excludes halogenated alkanes) is 1. The van der Waals surface area contributed by atoms with Crippen LogP contribution >= 0.6 is 21.6 Å². The Morgan fingerprint density at radius 2 is 1.41 bits per heavy atom. The molecule has 0 aromatic heterocycles. The molecule has 13 N–H and O–H groups in total. The number of aromatic hydroxyl groups is 1. The number of nitrogens with zero attached hydrogens (tertiary/aromatic N) is 3. The number of hydrogen-bond donors (Lipinski definition) is 13. The van der Waals surface area contributed by atoms with Crippen molar-refractivity contribution >= 4 is 109 Å². The molecule has 5 aliphatic carbocycles. The average Bonchev–Trinajstić information content (AvgIpc) is 1.63. The minimum Gasteiger partial charge on any atom is -0.508 e. The molecule has 139 heavy (non-hydrogen) atoms. The summed E-state index contributed by atoms with van der Waals surface area (Å²) in [7, 11) is 3.70. The smallest absolute Gasteiger partial charge is 0.407 e. The number of ether oxygens (including phenoxy) is 2. The van der Waals surface area contributed by atoms with Crippen LogP contribution in [0.1, 0.15) is 216 Å². The maximum atomic E-state index is 16.0. The summed E-state index contributed by atoms with van der Waals surface area (Å²) in [4.78, 5) is 199. The Morgan fingerprint density at radius 1 is 0.691 bits per heavy atom. The highest BCUT2D eigenvalue weighted by Crippen LogP contribution is 2.67. The topological polar surface area (TPSA) is 423 Å². The van der Waals surface area contributed by atoms with Crippen LogP contribution in [0.4, 0.5) is 4.79 Å². The first kappa shape index (κ1) is 106. The molecule has 31 nitrogen and oxygen atoms in total. The standard InChI is InChI=1S/C106H148N14O17S2/c1-62(2)23-19-24-64(5)77-41-42-78-76-40-37-72-55-74(43-45-105(72,10)79(76)44-46-106(77,78)11)136-90(124)58-110-99(131)92(65(6)121)117-97(129)86-61-139-138-60-85(114-95(127)84(53-67-33-36-68-25-13-14-26-69(68)51-67)113-98(130)87-31-21-49-119(87)102(134)88-32-22-50-120(88)101(133)70-27-20-48-118(12)59-70)96(128)112-83(52-66-34-38-73(122)39-35-66)94(126)111-82(54-71-56-108-80-29-16-15-28-75(71)80)89(123)57-109-81(93(125)116-91(63(3)4)100(132)115-86)30-17-18-47-107-103(135)137-104(7,8)9/h13-16,20,25-26,28-29,33-39,48,51,56,59,62-65,74-88,91-92,108-109,121-122H,17-19,21-24,27,30-32,40-47,49-50,52-55,57-58,60-61H2,1-12H3,(H,107,135)(H,110,131)(H,111,126)(H,112,128)(H,113,130)(H,114,127)(H,115,132)(H,116,125)(H,117,129). The van der Waals surface area contributed by atoms with E-state index in [-0.39, 0.29) is 92.2 Å². The molecule has 21 unspecified atom stereocenters. The first-order valence-corrected chi connectivity index (χ1v) is 53.0. The number of nitrogens with one attached hydrogen (secondary N) is 11. The molecule has 756 valence electrons. The summed E-state index contributed by atoms with van der Waals surface area (Å²) < 4.78 is 11.6. The van der Waals surface area contributed by atoms with Crippen molar-refractivity contribution in [3.63, 3.8) is 0 Å². The summed E-state index contributed by atoms with van der Waals surface area (Å²) in [6, 6.07) is 4.79. The minimum absolute atomic E-state index is 0.0283. The fourth-order valence-electron chi connectivity index (χ4n) is 23.1. The van der Waals surface area contributed by atoms with Gasteiger partial charge in [-0.15, -0.1) is 0 Å². The molecule has 5 heterocycles. The second kappa shape index (κ2) is 47.8. The lowest BCUT2D eigenvalue weighted by Gasteiger charge is -2.58. The van der Waals surface area contributed by atoms with Crippen LogP contribution in [0.25, 0.3) is 10.8 Å². The summed E-state index contributed by atoms with van der Waals surface area (Å²) in [6.45, 7) is 21.4. The van der Waals surface area contributed by atoms with E-state index in [0.29, 0.717) is 103 Å². The molecule has 33 heteroatoms. The number of Topliss-reactive ketones (excluding diaryl/α,β-unsaturated/α-hetero) is 1. The zero-order valence-electron chi connectivity index (χ0n) is 82.9. The first-order chi connectivity index (χ1) is 66.3. The molecule has 6 fully saturated rings. The van der Waals surface area contributed by atoms with Crippen molar-refractivity contribution in [2.75, 3.05) is 51.3 Å². The van der Waals surface area contributed by atoms with Crippen LogP contribution in [0.5, 0.6) is 5.75 Å². The zero-order valence-corrected chi connectivity index (χ0v) is 84.5. The lowest BCUT2D eigenvalue weighted by atomic mass is 9.47. The van der Waals surface area contributed by atoms with E-state index in [1.54, 1.807) is 69.0 Å². The number of esters is 1. The van der Waals surface area contributed by atoms with Crippen LogP contribution in [0.2, 0.25) is 0 Å². The number of allylic oxidation sites excluding steroid dienone is 4. The van der Waals surface area contributed by atoms with Gasteiger partial charge in [0.15, 0.2) is 5.78 Å². The largest absolute Gasteiger partial charge is 0.508 e. The van der Waals surface area contributed by atoms with Gasteiger partial charge in [-0.05, 0) is 235 Å². The number of rotatable bonds is 30. The molecule has 0 spiro atoms. The molecular weight excluding hydrogens is 1810 g/mol. The van der Waals surface area contributed by atoms with E-state index in [1.165, 1.54) is 74.5 Å². The van der Waals surface area contributed by atoms with Gasteiger partial charge in [0.2, 0.25) is 53.2 Å². The molecule has 3 saturated carbocycles. The Kier molecular flexibility index (Phi) is 36.4. The molecule has 3 aromatic carbocycles.